The molecule has 1 unspecified atom stereocenters. The molecule has 1 aliphatic heterocycles. The van der Waals surface area contributed by atoms with Crippen molar-refractivity contribution in [3.05, 3.63) is 0 Å². The fourth-order valence-corrected chi connectivity index (χ4v) is 0.802. The fourth-order valence-electron chi connectivity index (χ4n) is 0.802. The van der Waals surface area contributed by atoms with Crippen LogP contribution in [-0.2, 0) is 4.79 Å². The first-order valence-corrected chi connectivity index (χ1v) is 4.33. The Morgan fingerprint density at radius 1 is 1.42 bits per heavy atom. The number of nitrogens with one attached hydrogen (secondary N) is 1. The molecule has 4 nitrogen and oxygen atoms in total. The van der Waals surface area contributed by atoms with Gasteiger partial charge in [0.1, 0.15) is 6.04 Å². The summed E-state index contributed by atoms with van der Waals surface area (Å²) in [5.41, 5.74) is 4.84. The highest BCUT2D eigenvalue weighted by molar-refractivity contribution is 5.72. The lowest BCUT2D eigenvalue weighted by molar-refractivity contribution is -0.138. The lowest BCUT2D eigenvalue weighted by atomic mass is 10.2. The number of carbonyl (C=O) groups is 1. The van der Waals surface area contributed by atoms with Gasteiger partial charge in [0.2, 0.25) is 0 Å². The highest BCUT2D eigenvalue weighted by Gasteiger charge is 1.99. The third-order valence-electron chi connectivity index (χ3n) is 1.60. The average Bonchev–Trinajstić information content (AvgIpc) is 2.08. The van der Waals surface area contributed by atoms with Crippen LogP contribution in [0.5, 0.6) is 0 Å². The highest BCUT2D eigenvalue weighted by Crippen LogP contribution is 1.96. The molecule has 0 aliphatic carbocycles. The molecule has 1 fully saturated rings. The quantitative estimate of drug-likeness (QED) is 0.530. The summed E-state index contributed by atoms with van der Waals surface area (Å²) in [6.45, 7) is 3.92. The van der Waals surface area contributed by atoms with Gasteiger partial charge >= 0.3 is 5.97 Å². The summed E-state index contributed by atoms with van der Waals surface area (Å²) in [6.07, 6.45) is 4.22. The molecule has 0 amide bonds. The molecule has 0 saturated carbocycles. The maximum atomic E-state index is 9.57. The first-order valence-electron chi connectivity index (χ1n) is 4.33. The Hall–Kier alpha value is -0.610. The standard InChI is InChI=1S/C5H11N.C3H7NO2/c1-2-4-6-5-3-1;1-2(4)3(5)6/h6H,1-5H2;2H,4H2,1H3,(H,5,6). The van der Waals surface area contributed by atoms with Crippen LogP contribution in [0.3, 0.4) is 0 Å². The number of hydrogen-bond acceptors (Lipinski definition) is 3. The van der Waals surface area contributed by atoms with Crippen LogP contribution in [0.4, 0.5) is 0 Å². The van der Waals surface area contributed by atoms with Crippen molar-refractivity contribution in [3.63, 3.8) is 0 Å². The third kappa shape index (κ3) is 7.50. The van der Waals surface area contributed by atoms with Crippen LogP contribution in [0.2, 0.25) is 0 Å². The Balaban J connectivity index is 0.000000202. The molecular weight excluding hydrogens is 156 g/mol. The van der Waals surface area contributed by atoms with E-state index < -0.39 is 12.0 Å². The van der Waals surface area contributed by atoms with Crippen molar-refractivity contribution in [1.82, 2.24) is 5.32 Å². The van der Waals surface area contributed by atoms with Gasteiger partial charge in [0.25, 0.3) is 0 Å². The molecule has 4 N–H and O–H groups in total. The van der Waals surface area contributed by atoms with Crippen molar-refractivity contribution in [2.45, 2.75) is 32.2 Å². The average molecular weight is 174 g/mol. The van der Waals surface area contributed by atoms with Crippen LogP contribution in [0.15, 0.2) is 0 Å². The summed E-state index contributed by atoms with van der Waals surface area (Å²) in [5, 5.41) is 11.2. The molecule has 0 aromatic rings. The van der Waals surface area contributed by atoms with Gasteiger partial charge in [-0.05, 0) is 32.9 Å². The lowest BCUT2D eigenvalue weighted by Crippen LogP contribution is -2.25. The number of hydrogen-bond donors (Lipinski definition) is 3. The number of rotatable bonds is 1. The number of carboxylic acid groups (broad SMARTS) is 1. The summed E-state index contributed by atoms with van der Waals surface area (Å²) >= 11 is 0. The highest BCUT2D eigenvalue weighted by atomic mass is 16.4. The van der Waals surface area contributed by atoms with Crippen LogP contribution in [0.25, 0.3) is 0 Å². The molecular formula is C8H18N2O2. The molecule has 0 spiro atoms. The van der Waals surface area contributed by atoms with Crippen molar-refractivity contribution in [1.29, 1.82) is 0 Å². The van der Waals surface area contributed by atoms with Crippen LogP contribution < -0.4 is 11.1 Å². The minimum absolute atomic E-state index is 0.731. The van der Waals surface area contributed by atoms with E-state index in [1.807, 2.05) is 0 Å². The van der Waals surface area contributed by atoms with Crippen molar-refractivity contribution in [3.8, 4) is 0 Å². The molecule has 1 atom stereocenters. The second kappa shape index (κ2) is 7.06. The van der Waals surface area contributed by atoms with Crippen LogP contribution >= 0.6 is 0 Å². The summed E-state index contributed by atoms with van der Waals surface area (Å²) in [6, 6.07) is -0.731. The van der Waals surface area contributed by atoms with E-state index in [0.29, 0.717) is 0 Å². The molecule has 0 radical (unpaired) electrons. The molecule has 0 aromatic heterocycles. The molecule has 4 heteroatoms. The van der Waals surface area contributed by atoms with Gasteiger partial charge in [-0.25, -0.2) is 0 Å². The molecule has 0 aromatic carbocycles. The van der Waals surface area contributed by atoms with Crippen molar-refractivity contribution in [2.75, 3.05) is 13.1 Å². The number of nitrogens with two attached hydrogens (primary N) is 1. The van der Waals surface area contributed by atoms with Crippen molar-refractivity contribution in [2.24, 2.45) is 5.73 Å². The molecule has 1 rings (SSSR count). The van der Waals surface area contributed by atoms with Crippen LogP contribution in [0, 0.1) is 0 Å². The summed E-state index contributed by atoms with van der Waals surface area (Å²) in [5.74, 6) is -0.963. The van der Waals surface area contributed by atoms with E-state index in [9.17, 15) is 4.79 Å². The Morgan fingerprint density at radius 3 is 1.92 bits per heavy atom. The molecule has 0 bridgehead atoms. The summed E-state index contributed by atoms with van der Waals surface area (Å²) < 4.78 is 0. The predicted molar refractivity (Wildman–Crippen MR) is 48.0 cm³/mol. The summed E-state index contributed by atoms with van der Waals surface area (Å²) in [4.78, 5) is 9.57. The minimum atomic E-state index is -0.963. The second-order valence-corrected chi connectivity index (χ2v) is 2.94. The third-order valence-corrected chi connectivity index (χ3v) is 1.60. The zero-order valence-corrected chi connectivity index (χ0v) is 7.55. The SMILES string of the molecule is C1CCNCC1.CC(N)C(=O)O. The zero-order valence-electron chi connectivity index (χ0n) is 7.55. The van der Waals surface area contributed by atoms with Gasteiger partial charge in [-0.3, -0.25) is 4.79 Å². The molecule has 1 aliphatic rings. The monoisotopic (exact) mass is 174 g/mol. The molecule has 12 heavy (non-hydrogen) atoms. The van der Waals surface area contributed by atoms with E-state index in [1.54, 1.807) is 0 Å². The second-order valence-electron chi connectivity index (χ2n) is 2.94. The number of piperidine rings is 1. The van der Waals surface area contributed by atoms with Crippen molar-refractivity contribution >= 4 is 5.97 Å². The zero-order chi connectivity index (χ0) is 9.40. The Labute approximate surface area is 73.1 Å². The largest absolute Gasteiger partial charge is 0.480 e. The van der Waals surface area contributed by atoms with Gasteiger partial charge < -0.3 is 16.2 Å². The fraction of sp³-hybridized carbons (Fsp3) is 0.875. The topological polar surface area (TPSA) is 75.3 Å². The van der Waals surface area contributed by atoms with Crippen LogP contribution in [0.1, 0.15) is 26.2 Å². The summed E-state index contributed by atoms with van der Waals surface area (Å²) in [7, 11) is 0. The first kappa shape index (κ1) is 11.4. The van der Waals surface area contributed by atoms with E-state index in [2.05, 4.69) is 5.32 Å². The Kier molecular flexibility index (Phi) is 6.70. The van der Waals surface area contributed by atoms with Gasteiger partial charge in [-0.1, -0.05) is 6.42 Å². The van der Waals surface area contributed by atoms with E-state index in [-0.39, 0.29) is 0 Å². The van der Waals surface area contributed by atoms with E-state index in [0.717, 1.165) is 0 Å². The maximum absolute atomic E-state index is 9.57. The van der Waals surface area contributed by atoms with E-state index in [1.165, 1.54) is 39.3 Å². The maximum Gasteiger partial charge on any atom is 0.320 e. The van der Waals surface area contributed by atoms with Gasteiger partial charge in [-0.15, -0.1) is 0 Å². The van der Waals surface area contributed by atoms with Gasteiger partial charge in [0.05, 0.1) is 0 Å². The molecule has 72 valence electrons. The smallest absolute Gasteiger partial charge is 0.320 e. The normalized spacial score (nSPS) is 18.8. The van der Waals surface area contributed by atoms with Gasteiger partial charge in [0, 0.05) is 0 Å². The van der Waals surface area contributed by atoms with Crippen molar-refractivity contribution < 1.29 is 9.90 Å². The predicted octanol–water partition coefficient (Wildman–Crippen LogP) is 0.178. The van der Waals surface area contributed by atoms with E-state index in [4.69, 9.17) is 10.8 Å². The Morgan fingerprint density at radius 2 is 1.83 bits per heavy atom. The van der Waals surface area contributed by atoms with E-state index >= 15 is 0 Å². The minimum Gasteiger partial charge on any atom is -0.480 e. The number of aliphatic carboxylic acids is 1. The molecule has 1 heterocycles. The Bertz CT molecular complexity index is 111. The lowest BCUT2D eigenvalue weighted by Gasteiger charge is -2.08. The van der Waals surface area contributed by atoms with Crippen LogP contribution in [-0.4, -0.2) is 30.2 Å². The van der Waals surface area contributed by atoms with Gasteiger partial charge in [0.15, 0.2) is 0 Å². The number of carboxylic acids is 1. The van der Waals surface area contributed by atoms with Gasteiger partial charge in [-0.2, -0.15) is 0 Å². The first-order chi connectivity index (χ1) is 5.64. The molecule has 1 saturated heterocycles.